The number of carboxylic acid groups (broad SMARTS) is 1. The summed E-state index contributed by atoms with van der Waals surface area (Å²) in [6, 6.07) is 1.13. The molecule has 0 fully saturated rings. The summed E-state index contributed by atoms with van der Waals surface area (Å²) in [5.74, 6) is -0.934. The van der Waals surface area contributed by atoms with Gasteiger partial charge < -0.3 is 5.11 Å². The number of hydrogen-bond donors (Lipinski definition) is 3. The van der Waals surface area contributed by atoms with E-state index in [0.717, 1.165) is 6.07 Å². The highest BCUT2D eigenvalue weighted by atomic mass is 32.2. The molecule has 0 aromatic carbocycles. The Kier molecular flexibility index (Phi) is 4.11. The van der Waals surface area contributed by atoms with Crippen molar-refractivity contribution in [2.45, 2.75) is 20.3 Å². The minimum atomic E-state index is -3.47. The molecule has 0 saturated carbocycles. The number of nitrogens with zero attached hydrogens (tertiary/aromatic N) is 1. The highest BCUT2D eigenvalue weighted by molar-refractivity contribution is 7.92. The van der Waals surface area contributed by atoms with Gasteiger partial charge in [-0.25, -0.2) is 13.2 Å². The predicted molar refractivity (Wildman–Crippen MR) is 62.4 cm³/mol. The van der Waals surface area contributed by atoms with Crippen LogP contribution < -0.4 is 4.72 Å². The topological polar surface area (TPSA) is 112 Å². The molecule has 0 aliphatic carbocycles. The number of carboxylic acids is 1. The molecule has 3 N–H and O–H groups in total. The number of carbonyl (C=O) groups is 1. The fourth-order valence-electron chi connectivity index (χ4n) is 1.08. The van der Waals surface area contributed by atoms with Gasteiger partial charge in [-0.15, -0.1) is 0 Å². The Morgan fingerprint density at radius 3 is 2.71 bits per heavy atom. The summed E-state index contributed by atoms with van der Waals surface area (Å²) in [5, 5.41) is 14.4. The third-order valence-electron chi connectivity index (χ3n) is 2.03. The van der Waals surface area contributed by atoms with Gasteiger partial charge >= 0.3 is 5.97 Å². The first-order chi connectivity index (χ1) is 7.80. The average Bonchev–Trinajstić information content (AvgIpc) is 2.63. The van der Waals surface area contributed by atoms with Crippen LogP contribution in [0, 0.1) is 5.92 Å². The van der Waals surface area contributed by atoms with Crippen LogP contribution in [0.25, 0.3) is 0 Å². The van der Waals surface area contributed by atoms with Crippen LogP contribution in [0.2, 0.25) is 0 Å². The normalized spacial score (nSPS) is 11.7. The van der Waals surface area contributed by atoms with Gasteiger partial charge in [-0.05, 0) is 12.3 Å². The zero-order valence-electron chi connectivity index (χ0n) is 9.60. The molecule has 96 valence electrons. The second-order valence-electron chi connectivity index (χ2n) is 4.08. The van der Waals surface area contributed by atoms with Crippen molar-refractivity contribution >= 4 is 21.8 Å². The van der Waals surface area contributed by atoms with Gasteiger partial charge in [-0.3, -0.25) is 9.82 Å². The molecule has 1 heterocycles. The van der Waals surface area contributed by atoms with Crippen molar-refractivity contribution in [1.29, 1.82) is 0 Å². The summed E-state index contributed by atoms with van der Waals surface area (Å²) in [6.45, 7) is 3.85. The van der Waals surface area contributed by atoms with E-state index in [1.54, 1.807) is 0 Å². The third kappa shape index (κ3) is 4.43. The summed E-state index contributed by atoms with van der Waals surface area (Å²) in [5.41, 5.74) is -0.161. The maximum atomic E-state index is 11.6. The van der Waals surface area contributed by atoms with Gasteiger partial charge in [0.25, 0.3) is 0 Å². The number of anilines is 1. The highest BCUT2D eigenvalue weighted by Crippen LogP contribution is 2.10. The fourth-order valence-corrected chi connectivity index (χ4v) is 2.39. The maximum Gasteiger partial charge on any atom is 0.353 e. The van der Waals surface area contributed by atoms with Gasteiger partial charge in [-0.2, -0.15) is 5.10 Å². The van der Waals surface area contributed by atoms with E-state index in [4.69, 9.17) is 5.11 Å². The summed E-state index contributed by atoms with van der Waals surface area (Å²) >= 11 is 0. The second-order valence-corrected chi connectivity index (χ2v) is 5.92. The molecular formula is C9H15N3O4S. The van der Waals surface area contributed by atoms with Crippen LogP contribution in [-0.2, 0) is 10.0 Å². The standard InChI is InChI=1S/C9H15N3O4S/c1-6(2)3-4-17(15,16)12-8-5-7(9(13)14)10-11-8/h5-6H,3-4H2,1-2H3,(H,13,14)(H2,10,11,12). The number of hydrogen-bond acceptors (Lipinski definition) is 4. The number of rotatable bonds is 6. The van der Waals surface area contributed by atoms with Crippen molar-refractivity contribution < 1.29 is 18.3 Å². The molecule has 0 atom stereocenters. The van der Waals surface area contributed by atoms with Crippen molar-refractivity contribution in [1.82, 2.24) is 10.2 Å². The largest absolute Gasteiger partial charge is 0.477 e. The van der Waals surface area contributed by atoms with Crippen molar-refractivity contribution in [2.24, 2.45) is 5.92 Å². The average molecular weight is 261 g/mol. The molecule has 7 nitrogen and oxygen atoms in total. The highest BCUT2D eigenvalue weighted by Gasteiger charge is 2.14. The monoisotopic (exact) mass is 261 g/mol. The summed E-state index contributed by atoms with van der Waals surface area (Å²) in [7, 11) is -3.47. The minimum Gasteiger partial charge on any atom is -0.477 e. The van der Waals surface area contributed by atoms with Gasteiger partial charge in [0, 0.05) is 6.07 Å². The third-order valence-corrected chi connectivity index (χ3v) is 3.33. The Hall–Kier alpha value is -1.57. The van der Waals surface area contributed by atoms with Crippen molar-refractivity contribution in [3.8, 4) is 0 Å². The van der Waals surface area contributed by atoms with Gasteiger partial charge in [0.15, 0.2) is 5.82 Å². The van der Waals surface area contributed by atoms with Crippen molar-refractivity contribution in [3.63, 3.8) is 0 Å². The number of aromatic nitrogens is 2. The van der Waals surface area contributed by atoms with Crippen LogP contribution in [0.15, 0.2) is 6.07 Å². The first kappa shape index (κ1) is 13.5. The van der Waals surface area contributed by atoms with Crippen LogP contribution in [0.1, 0.15) is 30.8 Å². The maximum absolute atomic E-state index is 11.6. The lowest BCUT2D eigenvalue weighted by Crippen LogP contribution is -2.18. The predicted octanol–water partition coefficient (Wildman–Crippen LogP) is 0.896. The van der Waals surface area contributed by atoms with Crippen LogP contribution in [0.4, 0.5) is 5.82 Å². The fraction of sp³-hybridized carbons (Fsp3) is 0.556. The number of aromatic amines is 1. The lowest BCUT2D eigenvalue weighted by Gasteiger charge is -2.06. The van der Waals surface area contributed by atoms with E-state index in [0.29, 0.717) is 6.42 Å². The molecule has 0 spiro atoms. The lowest BCUT2D eigenvalue weighted by molar-refractivity contribution is 0.0690. The number of nitrogens with one attached hydrogen (secondary N) is 2. The van der Waals surface area contributed by atoms with Gasteiger partial charge in [0.2, 0.25) is 10.0 Å². The molecule has 0 radical (unpaired) electrons. The van der Waals surface area contributed by atoms with Crippen molar-refractivity contribution in [3.05, 3.63) is 11.8 Å². The molecular weight excluding hydrogens is 246 g/mol. The molecule has 0 aliphatic rings. The molecule has 1 rings (SSSR count). The lowest BCUT2D eigenvalue weighted by atomic mass is 10.2. The number of H-pyrrole nitrogens is 1. The van der Waals surface area contributed by atoms with Gasteiger partial charge in [0.05, 0.1) is 5.75 Å². The van der Waals surface area contributed by atoms with Crippen molar-refractivity contribution in [2.75, 3.05) is 10.5 Å². The first-order valence-corrected chi connectivity index (χ1v) is 6.74. The molecule has 1 aromatic heterocycles. The molecule has 0 amide bonds. The quantitative estimate of drug-likeness (QED) is 0.704. The smallest absolute Gasteiger partial charge is 0.353 e. The summed E-state index contributed by atoms with van der Waals surface area (Å²) in [4.78, 5) is 10.5. The van der Waals surface area contributed by atoms with Gasteiger partial charge in [0.1, 0.15) is 5.69 Å². The Morgan fingerprint density at radius 2 is 2.24 bits per heavy atom. The molecule has 0 aliphatic heterocycles. The van der Waals surface area contributed by atoms with Gasteiger partial charge in [-0.1, -0.05) is 13.8 Å². The van der Waals surface area contributed by atoms with E-state index in [1.807, 2.05) is 13.8 Å². The number of aromatic carboxylic acids is 1. The molecule has 8 heteroatoms. The van der Waals surface area contributed by atoms with Crippen LogP contribution in [-0.4, -0.2) is 35.4 Å². The zero-order valence-corrected chi connectivity index (χ0v) is 10.4. The molecule has 0 unspecified atom stereocenters. The SMILES string of the molecule is CC(C)CCS(=O)(=O)Nc1cc(C(=O)O)[nH]n1. The number of sulfonamides is 1. The summed E-state index contributed by atoms with van der Waals surface area (Å²) in [6.07, 6.45) is 0.533. The van der Waals surface area contributed by atoms with E-state index in [-0.39, 0.29) is 23.2 Å². The van der Waals surface area contributed by atoms with E-state index in [1.165, 1.54) is 0 Å². The second kappa shape index (κ2) is 5.17. The minimum absolute atomic E-state index is 0.00819. The zero-order chi connectivity index (χ0) is 13.1. The Bertz CT molecular complexity index is 492. The van der Waals surface area contributed by atoms with Crippen LogP contribution in [0.3, 0.4) is 0 Å². The molecule has 0 saturated heterocycles. The molecule has 1 aromatic rings. The Labute approximate surface area is 99.3 Å². The van der Waals surface area contributed by atoms with E-state index < -0.39 is 16.0 Å². The van der Waals surface area contributed by atoms with E-state index >= 15 is 0 Å². The molecule has 17 heavy (non-hydrogen) atoms. The summed E-state index contributed by atoms with van der Waals surface area (Å²) < 4.78 is 25.4. The van der Waals surface area contributed by atoms with E-state index in [2.05, 4.69) is 14.9 Å². The van der Waals surface area contributed by atoms with Crippen LogP contribution in [0.5, 0.6) is 0 Å². The van der Waals surface area contributed by atoms with Crippen LogP contribution >= 0.6 is 0 Å². The Morgan fingerprint density at radius 1 is 1.59 bits per heavy atom. The first-order valence-electron chi connectivity index (χ1n) is 5.09. The molecule has 0 bridgehead atoms. The van der Waals surface area contributed by atoms with E-state index in [9.17, 15) is 13.2 Å². The Balaban J connectivity index is 2.66.